The molecule has 0 atom stereocenters. The van der Waals surface area contributed by atoms with Crippen LogP contribution in [-0.2, 0) is 4.79 Å². The van der Waals surface area contributed by atoms with E-state index in [0.29, 0.717) is 10.2 Å². The molecule has 0 saturated carbocycles. The zero-order valence-corrected chi connectivity index (χ0v) is 19.0. The van der Waals surface area contributed by atoms with Gasteiger partial charge < -0.3 is 9.30 Å². The first kappa shape index (κ1) is 21.0. The van der Waals surface area contributed by atoms with E-state index in [4.69, 9.17) is 10.1 Å². The molecule has 164 valence electrons. The molecule has 2 aliphatic heterocycles. The van der Waals surface area contributed by atoms with Crippen molar-refractivity contribution in [1.82, 2.24) is 9.58 Å². The van der Waals surface area contributed by atoms with Crippen LogP contribution in [0.2, 0.25) is 0 Å². The van der Waals surface area contributed by atoms with Crippen molar-refractivity contribution in [2.24, 2.45) is 10.1 Å². The maximum Gasteiger partial charge on any atom is 0.283 e. The minimum Gasteiger partial charge on any atom is -0.487 e. The number of amidine groups is 2. The molecule has 7 nitrogen and oxygen atoms in total. The van der Waals surface area contributed by atoms with E-state index in [9.17, 15) is 4.79 Å². The summed E-state index contributed by atoms with van der Waals surface area (Å²) in [6.07, 6.45) is 3.64. The lowest BCUT2D eigenvalue weighted by atomic mass is 10.1. The van der Waals surface area contributed by atoms with Crippen molar-refractivity contribution >= 4 is 39.8 Å². The van der Waals surface area contributed by atoms with Crippen LogP contribution in [0.4, 0.5) is 0 Å². The van der Waals surface area contributed by atoms with E-state index in [-0.39, 0.29) is 18.0 Å². The van der Waals surface area contributed by atoms with E-state index < -0.39 is 5.91 Å². The van der Waals surface area contributed by atoms with Gasteiger partial charge in [0.25, 0.3) is 5.91 Å². The minimum atomic E-state index is -0.451. The molecule has 0 saturated heterocycles. The van der Waals surface area contributed by atoms with Crippen LogP contribution in [0.3, 0.4) is 0 Å². The van der Waals surface area contributed by atoms with Crippen LogP contribution >= 0.6 is 11.8 Å². The number of ether oxygens (including phenoxy) is 1. The highest BCUT2D eigenvalue weighted by Gasteiger charge is 2.36. The second-order valence-electron chi connectivity index (χ2n) is 7.71. The molecular formula is C25H21N5O2S. The van der Waals surface area contributed by atoms with Gasteiger partial charge in [0.2, 0.25) is 5.17 Å². The molecule has 5 rings (SSSR count). The maximum atomic E-state index is 12.8. The number of hydrogen-bond donors (Lipinski definition) is 1. The molecule has 3 aromatic rings. The number of thioether (sulfide) groups is 1. The third kappa shape index (κ3) is 4.12. The summed E-state index contributed by atoms with van der Waals surface area (Å²) in [7, 11) is 0. The standard InChI is InChI=1S/C25H21N5O2S/c1-16-10-11-21(17(2)13-16)29-12-6-7-18(29)14-20-23(26)30-25(27-24(20)31)33-22(28-30)15-32-19-8-4-3-5-9-19/h3-14,26H,15H2,1-2H3/b20-14-,26-23?. The fourth-order valence-electron chi connectivity index (χ4n) is 3.71. The van der Waals surface area contributed by atoms with Gasteiger partial charge in [0.1, 0.15) is 17.4 Å². The molecule has 0 radical (unpaired) electrons. The van der Waals surface area contributed by atoms with Gasteiger partial charge in [-0.15, -0.1) is 0 Å². The Morgan fingerprint density at radius 3 is 2.70 bits per heavy atom. The van der Waals surface area contributed by atoms with E-state index in [1.807, 2.05) is 53.2 Å². The summed E-state index contributed by atoms with van der Waals surface area (Å²) < 4.78 is 7.75. The van der Waals surface area contributed by atoms with E-state index >= 15 is 0 Å². The van der Waals surface area contributed by atoms with Crippen LogP contribution in [0.1, 0.15) is 16.8 Å². The molecule has 33 heavy (non-hydrogen) atoms. The van der Waals surface area contributed by atoms with Crippen LogP contribution in [0.15, 0.2) is 82.5 Å². The van der Waals surface area contributed by atoms with Gasteiger partial charge >= 0.3 is 0 Å². The first-order valence-corrected chi connectivity index (χ1v) is 11.2. The van der Waals surface area contributed by atoms with Crippen LogP contribution in [0.5, 0.6) is 5.75 Å². The highest BCUT2D eigenvalue weighted by Crippen LogP contribution is 2.29. The lowest BCUT2D eigenvalue weighted by Gasteiger charge is -2.20. The number of fused-ring (bicyclic) bond motifs is 1. The number of aryl methyl sites for hydroxylation is 2. The van der Waals surface area contributed by atoms with Gasteiger partial charge in [-0.1, -0.05) is 35.9 Å². The number of rotatable bonds is 5. The molecule has 0 bridgehead atoms. The molecule has 0 aliphatic carbocycles. The van der Waals surface area contributed by atoms with Gasteiger partial charge in [-0.2, -0.15) is 15.1 Å². The molecule has 2 aliphatic rings. The highest BCUT2D eigenvalue weighted by atomic mass is 32.2. The summed E-state index contributed by atoms with van der Waals surface area (Å²) in [5.41, 5.74) is 4.31. The first-order valence-electron chi connectivity index (χ1n) is 10.4. The van der Waals surface area contributed by atoms with Crippen LogP contribution in [-0.4, -0.2) is 38.1 Å². The van der Waals surface area contributed by atoms with Gasteiger partial charge in [0, 0.05) is 17.6 Å². The van der Waals surface area contributed by atoms with Crippen molar-refractivity contribution in [3.63, 3.8) is 0 Å². The Kier molecular flexibility index (Phi) is 5.43. The topological polar surface area (TPSA) is 83.0 Å². The summed E-state index contributed by atoms with van der Waals surface area (Å²) in [5.74, 6) is 0.277. The van der Waals surface area contributed by atoms with Crippen molar-refractivity contribution in [3.8, 4) is 11.4 Å². The zero-order valence-electron chi connectivity index (χ0n) is 18.1. The number of nitrogens with one attached hydrogen (secondary N) is 1. The number of para-hydroxylation sites is 1. The number of carbonyl (C=O) groups is 1. The molecule has 2 aromatic carbocycles. The number of nitrogens with zero attached hydrogens (tertiary/aromatic N) is 4. The number of aliphatic imine (C=N–C) groups is 1. The number of aromatic nitrogens is 1. The smallest absolute Gasteiger partial charge is 0.283 e. The average Bonchev–Trinajstić information content (AvgIpc) is 3.43. The van der Waals surface area contributed by atoms with Crippen LogP contribution in [0.25, 0.3) is 11.8 Å². The Morgan fingerprint density at radius 1 is 1.09 bits per heavy atom. The van der Waals surface area contributed by atoms with Gasteiger partial charge in [0.05, 0.1) is 5.57 Å². The molecular weight excluding hydrogens is 434 g/mol. The van der Waals surface area contributed by atoms with Crippen molar-refractivity contribution in [2.75, 3.05) is 6.61 Å². The summed E-state index contributed by atoms with van der Waals surface area (Å²) in [4.78, 5) is 17.0. The van der Waals surface area contributed by atoms with E-state index in [2.05, 4.69) is 42.1 Å². The molecule has 3 heterocycles. The lowest BCUT2D eigenvalue weighted by molar-refractivity contribution is -0.114. The normalized spacial score (nSPS) is 16.7. The Balaban J connectivity index is 1.41. The third-order valence-corrected chi connectivity index (χ3v) is 6.17. The number of hydrogen-bond acceptors (Lipinski definition) is 5. The second kappa shape index (κ2) is 8.55. The Labute approximate surface area is 195 Å². The summed E-state index contributed by atoms with van der Waals surface area (Å²) in [6, 6.07) is 19.5. The highest BCUT2D eigenvalue weighted by molar-refractivity contribution is 8.27. The largest absolute Gasteiger partial charge is 0.487 e. The van der Waals surface area contributed by atoms with Crippen molar-refractivity contribution in [2.45, 2.75) is 13.8 Å². The minimum absolute atomic E-state index is 0.000546. The van der Waals surface area contributed by atoms with Crippen LogP contribution in [0, 0.1) is 19.3 Å². The molecule has 0 spiro atoms. The molecule has 1 aromatic heterocycles. The van der Waals surface area contributed by atoms with Crippen molar-refractivity contribution < 1.29 is 9.53 Å². The summed E-state index contributed by atoms with van der Waals surface area (Å²) in [5, 5.41) is 15.5. The van der Waals surface area contributed by atoms with E-state index in [1.165, 1.54) is 22.3 Å². The third-order valence-electron chi connectivity index (χ3n) is 5.29. The predicted molar refractivity (Wildman–Crippen MR) is 132 cm³/mol. The van der Waals surface area contributed by atoms with Gasteiger partial charge in [-0.25, -0.2) is 0 Å². The monoisotopic (exact) mass is 455 g/mol. The molecule has 0 unspecified atom stereocenters. The maximum absolute atomic E-state index is 12.8. The number of carbonyl (C=O) groups excluding carboxylic acids is 1. The fraction of sp³-hybridized carbons (Fsp3) is 0.120. The lowest BCUT2D eigenvalue weighted by Crippen LogP contribution is -2.35. The Morgan fingerprint density at radius 2 is 1.91 bits per heavy atom. The Bertz CT molecular complexity index is 1350. The first-order chi connectivity index (χ1) is 16.0. The average molecular weight is 456 g/mol. The van der Waals surface area contributed by atoms with Gasteiger partial charge in [-0.05, 0) is 67.6 Å². The van der Waals surface area contributed by atoms with Crippen molar-refractivity contribution in [1.29, 1.82) is 5.41 Å². The fourth-order valence-corrected chi connectivity index (χ4v) is 4.50. The van der Waals surface area contributed by atoms with E-state index in [1.54, 1.807) is 6.08 Å². The summed E-state index contributed by atoms with van der Waals surface area (Å²) in [6.45, 7) is 4.35. The van der Waals surface area contributed by atoms with Gasteiger partial charge in [-0.3, -0.25) is 10.2 Å². The summed E-state index contributed by atoms with van der Waals surface area (Å²) >= 11 is 1.24. The quantitative estimate of drug-likeness (QED) is 0.561. The van der Waals surface area contributed by atoms with E-state index in [0.717, 1.165) is 22.7 Å². The van der Waals surface area contributed by atoms with Gasteiger partial charge in [0.15, 0.2) is 5.84 Å². The number of hydrazone groups is 1. The van der Waals surface area contributed by atoms with Crippen molar-refractivity contribution in [3.05, 3.63) is 89.3 Å². The Hall–Kier alpha value is -3.91. The molecule has 1 amide bonds. The number of benzene rings is 2. The molecule has 1 N–H and O–H groups in total. The molecule has 0 fully saturated rings. The van der Waals surface area contributed by atoms with Crippen LogP contribution < -0.4 is 4.74 Å². The molecule has 8 heteroatoms. The second-order valence-corrected chi connectivity index (χ2v) is 8.75. The number of amides is 1. The SMILES string of the molecule is Cc1ccc(-n2cccc2/C=C2/C(=N)N3N=C(COc4ccccc4)SC3=NC2=O)c(C)c1. The predicted octanol–water partition coefficient (Wildman–Crippen LogP) is 4.79. The zero-order chi connectivity index (χ0) is 22.9.